The number of hydrogen-bond acceptors (Lipinski definition) is 4. The molecule has 128 valence electrons. The third-order valence-electron chi connectivity index (χ3n) is 3.55. The Balaban J connectivity index is 2.39. The molecular weight excluding hydrogens is 294 g/mol. The Labute approximate surface area is 138 Å². The van der Waals surface area contributed by atoms with E-state index in [0.717, 1.165) is 18.6 Å². The Morgan fingerprint density at radius 3 is 2.17 bits per heavy atom. The molecule has 0 spiro atoms. The lowest BCUT2D eigenvalue weighted by Gasteiger charge is -2.19. The number of amides is 2. The van der Waals surface area contributed by atoms with E-state index in [1.165, 1.54) is 0 Å². The van der Waals surface area contributed by atoms with Gasteiger partial charge in [0.1, 0.15) is 5.75 Å². The van der Waals surface area contributed by atoms with Crippen molar-refractivity contribution < 1.29 is 14.3 Å². The van der Waals surface area contributed by atoms with Gasteiger partial charge in [-0.2, -0.15) is 0 Å². The van der Waals surface area contributed by atoms with Crippen LogP contribution in [0.4, 0.5) is 5.69 Å². The third kappa shape index (κ3) is 7.15. The average molecular weight is 321 g/mol. The maximum atomic E-state index is 12.0. The van der Waals surface area contributed by atoms with E-state index in [1.807, 2.05) is 13.8 Å². The van der Waals surface area contributed by atoms with Gasteiger partial charge in [0.25, 0.3) is 0 Å². The minimum absolute atomic E-state index is 0.0570. The molecule has 0 unspecified atom stereocenters. The van der Waals surface area contributed by atoms with Crippen molar-refractivity contribution in [1.82, 2.24) is 10.2 Å². The average Bonchev–Trinajstić information content (AvgIpc) is 2.52. The second kappa shape index (κ2) is 9.84. The van der Waals surface area contributed by atoms with Crippen LogP contribution in [0.3, 0.4) is 0 Å². The number of anilines is 1. The molecule has 0 aliphatic heterocycles. The van der Waals surface area contributed by atoms with Gasteiger partial charge in [-0.1, -0.05) is 13.8 Å². The molecule has 0 saturated heterocycles. The van der Waals surface area contributed by atoms with Gasteiger partial charge in [0.05, 0.1) is 20.2 Å². The summed E-state index contributed by atoms with van der Waals surface area (Å²) < 4.78 is 5.07. The number of rotatable bonds is 9. The van der Waals surface area contributed by atoms with Crippen LogP contribution >= 0.6 is 0 Å². The number of nitrogens with zero attached hydrogens (tertiary/aromatic N) is 1. The monoisotopic (exact) mass is 321 g/mol. The Morgan fingerprint density at radius 2 is 1.65 bits per heavy atom. The van der Waals surface area contributed by atoms with E-state index in [0.29, 0.717) is 5.69 Å². The zero-order valence-electron chi connectivity index (χ0n) is 14.4. The third-order valence-corrected chi connectivity index (χ3v) is 3.55. The number of benzene rings is 1. The van der Waals surface area contributed by atoms with Crippen molar-refractivity contribution in [2.24, 2.45) is 0 Å². The quantitative estimate of drug-likeness (QED) is 0.728. The zero-order chi connectivity index (χ0) is 17.2. The number of carbonyl (C=O) groups is 2. The number of methoxy groups -OCH3 is 1. The van der Waals surface area contributed by atoms with Crippen molar-refractivity contribution in [3.63, 3.8) is 0 Å². The summed E-state index contributed by atoms with van der Waals surface area (Å²) in [5.74, 6) is 0.518. The zero-order valence-corrected chi connectivity index (χ0v) is 14.4. The van der Waals surface area contributed by atoms with Crippen LogP contribution < -0.4 is 15.4 Å². The fraction of sp³-hybridized carbons (Fsp3) is 0.529. The highest BCUT2D eigenvalue weighted by Gasteiger charge is 2.13. The van der Waals surface area contributed by atoms with E-state index in [2.05, 4.69) is 10.6 Å². The minimum atomic E-state index is -0.159. The summed E-state index contributed by atoms with van der Waals surface area (Å²) in [7, 11) is 3.34. The van der Waals surface area contributed by atoms with Crippen LogP contribution in [0.5, 0.6) is 5.75 Å². The summed E-state index contributed by atoms with van der Waals surface area (Å²) in [4.78, 5) is 25.6. The van der Waals surface area contributed by atoms with Crippen molar-refractivity contribution in [3.05, 3.63) is 24.3 Å². The van der Waals surface area contributed by atoms with Gasteiger partial charge in [-0.15, -0.1) is 0 Å². The van der Waals surface area contributed by atoms with Gasteiger partial charge in [-0.05, 0) is 44.2 Å². The molecule has 0 fully saturated rings. The predicted molar refractivity (Wildman–Crippen MR) is 91.6 cm³/mol. The fourth-order valence-electron chi connectivity index (χ4n) is 2.19. The second-order valence-electron chi connectivity index (χ2n) is 5.53. The minimum Gasteiger partial charge on any atom is -0.497 e. The molecule has 2 amide bonds. The van der Waals surface area contributed by atoms with Crippen LogP contribution in [0.2, 0.25) is 0 Å². The second-order valence-corrected chi connectivity index (χ2v) is 5.53. The van der Waals surface area contributed by atoms with Gasteiger partial charge in [-0.3, -0.25) is 14.5 Å². The van der Waals surface area contributed by atoms with Crippen molar-refractivity contribution in [3.8, 4) is 5.75 Å². The van der Waals surface area contributed by atoms with E-state index < -0.39 is 0 Å². The first-order valence-electron chi connectivity index (χ1n) is 7.90. The lowest BCUT2D eigenvalue weighted by Crippen LogP contribution is -2.42. The summed E-state index contributed by atoms with van der Waals surface area (Å²) in [5, 5.41) is 5.75. The van der Waals surface area contributed by atoms with Crippen LogP contribution in [0, 0.1) is 0 Å². The van der Waals surface area contributed by atoms with E-state index in [-0.39, 0.29) is 30.9 Å². The summed E-state index contributed by atoms with van der Waals surface area (Å²) in [5.41, 5.74) is 0.700. The van der Waals surface area contributed by atoms with E-state index in [1.54, 1.807) is 43.3 Å². The molecule has 0 saturated carbocycles. The van der Waals surface area contributed by atoms with Gasteiger partial charge in [0, 0.05) is 11.7 Å². The van der Waals surface area contributed by atoms with Gasteiger partial charge in [0.15, 0.2) is 0 Å². The molecule has 6 nitrogen and oxygen atoms in total. The van der Waals surface area contributed by atoms with Crippen LogP contribution in [0.1, 0.15) is 26.7 Å². The number of ether oxygens (including phenoxy) is 1. The normalized spacial score (nSPS) is 10.7. The molecule has 0 radical (unpaired) electrons. The standard InChI is InChI=1S/C17H27N3O3/c1-5-13(6-2)18-16(21)11-20(3)12-17(22)19-14-7-9-15(23-4)10-8-14/h7-10,13H,5-6,11-12H2,1-4H3,(H,18,21)(H,19,22). The number of hydrogen-bond donors (Lipinski definition) is 2. The first-order chi connectivity index (χ1) is 11.0. The molecule has 0 bridgehead atoms. The number of carbonyl (C=O) groups excluding carboxylic acids is 2. The number of likely N-dealkylation sites (N-methyl/N-ethyl adjacent to an activating group) is 1. The molecular formula is C17H27N3O3. The summed E-state index contributed by atoms with van der Waals surface area (Å²) >= 11 is 0. The van der Waals surface area contributed by atoms with Crippen LogP contribution in [0.15, 0.2) is 24.3 Å². The molecule has 1 aromatic rings. The molecule has 0 aliphatic rings. The van der Waals surface area contributed by atoms with Crippen molar-refractivity contribution in [2.45, 2.75) is 32.7 Å². The highest BCUT2D eigenvalue weighted by molar-refractivity contribution is 5.92. The Hall–Kier alpha value is -2.08. The van der Waals surface area contributed by atoms with Crippen molar-refractivity contribution >= 4 is 17.5 Å². The molecule has 1 rings (SSSR count). The van der Waals surface area contributed by atoms with Gasteiger partial charge in [0.2, 0.25) is 11.8 Å². The van der Waals surface area contributed by atoms with Crippen LogP contribution in [-0.4, -0.2) is 50.0 Å². The van der Waals surface area contributed by atoms with Gasteiger partial charge in [-0.25, -0.2) is 0 Å². The Morgan fingerprint density at radius 1 is 1.09 bits per heavy atom. The van der Waals surface area contributed by atoms with E-state index in [4.69, 9.17) is 4.74 Å². The SMILES string of the molecule is CCC(CC)NC(=O)CN(C)CC(=O)Nc1ccc(OC)cc1. The molecule has 2 N–H and O–H groups in total. The highest BCUT2D eigenvalue weighted by Crippen LogP contribution is 2.14. The molecule has 0 aromatic heterocycles. The van der Waals surface area contributed by atoms with E-state index in [9.17, 15) is 9.59 Å². The Kier molecular flexibility index (Phi) is 8.11. The summed E-state index contributed by atoms with van der Waals surface area (Å²) in [6, 6.07) is 7.31. The molecule has 0 heterocycles. The lowest BCUT2D eigenvalue weighted by atomic mass is 10.2. The first-order valence-corrected chi connectivity index (χ1v) is 7.90. The molecule has 0 aliphatic carbocycles. The van der Waals surface area contributed by atoms with Gasteiger partial charge < -0.3 is 15.4 Å². The summed E-state index contributed by atoms with van der Waals surface area (Å²) in [6.45, 7) is 4.44. The topological polar surface area (TPSA) is 70.7 Å². The first kappa shape index (κ1) is 19.0. The van der Waals surface area contributed by atoms with Crippen LogP contribution in [0.25, 0.3) is 0 Å². The van der Waals surface area contributed by atoms with E-state index >= 15 is 0 Å². The highest BCUT2D eigenvalue weighted by atomic mass is 16.5. The molecule has 0 atom stereocenters. The maximum absolute atomic E-state index is 12.0. The molecule has 6 heteroatoms. The fourth-order valence-corrected chi connectivity index (χ4v) is 2.19. The lowest BCUT2D eigenvalue weighted by molar-refractivity contribution is -0.123. The van der Waals surface area contributed by atoms with Crippen molar-refractivity contribution in [1.29, 1.82) is 0 Å². The van der Waals surface area contributed by atoms with Gasteiger partial charge >= 0.3 is 0 Å². The maximum Gasteiger partial charge on any atom is 0.238 e. The van der Waals surface area contributed by atoms with Crippen molar-refractivity contribution in [2.75, 3.05) is 32.6 Å². The summed E-state index contributed by atoms with van der Waals surface area (Å²) in [6.07, 6.45) is 1.81. The van der Waals surface area contributed by atoms with Crippen LogP contribution in [-0.2, 0) is 9.59 Å². The largest absolute Gasteiger partial charge is 0.497 e. The molecule has 23 heavy (non-hydrogen) atoms. The number of nitrogens with one attached hydrogen (secondary N) is 2. The molecule has 1 aromatic carbocycles. The Bertz CT molecular complexity index is 498. The smallest absolute Gasteiger partial charge is 0.238 e. The predicted octanol–water partition coefficient (Wildman–Crippen LogP) is 1.87.